The minimum atomic E-state index is 0.628. The molecule has 1 heterocycles. The average Bonchev–Trinajstić information content (AvgIpc) is 2.76. The maximum Gasteiger partial charge on any atom is 0.0652 e. The number of aromatic nitrogens is 2. The maximum atomic E-state index is 6.08. The zero-order valence-electron chi connectivity index (χ0n) is 10.2. The molecule has 96 valence electrons. The molecule has 0 unspecified atom stereocenters. The molecule has 0 aliphatic rings. The van der Waals surface area contributed by atoms with Crippen LogP contribution in [0.1, 0.15) is 18.9 Å². The van der Waals surface area contributed by atoms with Crippen LogP contribution in [0.5, 0.6) is 0 Å². The second-order valence-corrected chi connectivity index (χ2v) is 4.93. The van der Waals surface area contributed by atoms with Gasteiger partial charge in [0, 0.05) is 29.9 Å². The van der Waals surface area contributed by atoms with Crippen LogP contribution < -0.4 is 5.32 Å². The van der Waals surface area contributed by atoms with Gasteiger partial charge < -0.3 is 5.32 Å². The first-order chi connectivity index (χ1) is 8.69. The van der Waals surface area contributed by atoms with Gasteiger partial charge >= 0.3 is 0 Å². The van der Waals surface area contributed by atoms with Gasteiger partial charge in [-0.25, -0.2) is 0 Å². The van der Waals surface area contributed by atoms with Gasteiger partial charge in [-0.3, -0.25) is 4.68 Å². The number of halogens is 2. The van der Waals surface area contributed by atoms with E-state index >= 15 is 0 Å². The maximum absolute atomic E-state index is 6.08. The van der Waals surface area contributed by atoms with Gasteiger partial charge in [0.05, 0.1) is 16.9 Å². The Hall–Kier alpha value is -1.19. The Kier molecular flexibility index (Phi) is 4.50. The van der Waals surface area contributed by atoms with E-state index in [9.17, 15) is 0 Å². The largest absolute Gasteiger partial charge is 0.380 e. The highest BCUT2D eigenvalue weighted by atomic mass is 35.5. The van der Waals surface area contributed by atoms with Gasteiger partial charge in [0.15, 0.2) is 0 Å². The van der Waals surface area contributed by atoms with Gasteiger partial charge in [-0.2, -0.15) is 5.10 Å². The molecule has 0 atom stereocenters. The molecule has 1 aromatic heterocycles. The Balaban J connectivity index is 1.97. The summed E-state index contributed by atoms with van der Waals surface area (Å²) in [6, 6.07) is 5.42. The van der Waals surface area contributed by atoms with E-state index < -0.39 is 0 Å². The summed E-state index contributed by atoms with van der Waals surface area (Å²) >= 11 is 11.9. The third-order valence-electron chi connectivity index (χ3n) is 2.55. The van der Waals surface area contributed by atoms with Crippen molar-refractivity contribution in [3.8, 4) is 0 Å². The van der Waals surface area contributed by atoms with Gasteiger partial charge in [-0.05, 0) is 24.6 Å². The Bertz CT molecular complexity index is 523. The summed E-state index contributed by atoms with van der Waals surface area (Å²) in [5.74, 6) is 0. The zero-order chi connectivity index (χ0) is 13.0. The predicted molar refractivity (Wildman–Crippen MR) is 76.3 cm³/mol. The lowest BCUT2D eigenvalue weighted by Crippen LogP contribution is -1.99. The molecule has 0 fully saturated rings. The molecule has 0 aliphatic heterocycles. The molecule has 1 N–H and O–H groups in total. The summed E-state index contributed by atoms with van der Waals surface area (Å²) in [6.07, 6.45) is 4.99. The van der Waals surface area contributed by atoms with Crippen LogP contribution in [0.15, 0.2) is 30.6 Å². The smallest absolute Gasteiger partial charge is 0.0652 e. The molecule has 0 bridgehead atoms. The minimum Gasteiger partial charge on any atom is -0.380 e. The van der Waals surface area contributed by atoms with Crippen molar-refractivity contribution >= 4 is 28.9 Å². The summed E-state index contributed by atoms with van der Waals surface area (Å²) in [4.78, 5) is 0. The highest BCUT2D eigenvalue weighted by Gasteiger charge is 2.02. The predicted octanol–water partition coefficient (Wildman–Crippen LogP) is 4.21. The summed E-state index contributed by atoms with van der Waals surface area (Å²) in [5, 5.41) is 8.81. The van der Waals surface area contributed by atoms with E-state index in [4.69, 9.17) is 23.2 Å². The van der Waals surface area contributed by atoms with Crippen molar-refractivity contribution in [2.75, 3.05) is 5.32 Å². The molecule has 2 rings (SSSR count). The number of nitrogens with zero attached hydrogens (tertiary/aromatic N) is 2. The SMILES string of the molecule is CCCn1cc(CNc2ccc(Cl)cc2Cl)cn1. The Morgan fingerprint density at radius 2 is 2.17 bits per heavy atom. The van der Waals surface area contributed by atoms with Crippen molar-refractivity contribution in [1.82, 2.24) is 9.78 Å². The molecule has 0 amide bonds. The summed E-state index contributed by atoms with van der Waals surface area (Å²) in [5.41, 5.74) is 2.01. The molecular formula is C13H15Cl2N3. The van der Waals surface area contributed by atoms with Crippen LogP contribution in [0.3, 0.4) is 0 Å². The first-order valence-corrected chi connectivity index (χ1v) is 6.65. The van der Waals surface area contributed by atoms with Gasteiger partial charge in [-0.15, -0.1) is 0 Å². The lowest BCUT2D eigenvalue weighted by atomic mass is 10.3. The highest BCUT2D eigenvalue weighted by Crippen LogP contribution is 2.25. The molecular weight excluding hydrogens is 269 g/mol. The molecule has 2 aromatic rings. The summed E-state index contributed by atoms with van der Waals surface area (Å²) in [6.45, 7) is 3.78. The number of nitrogens with one attached hydrogen (secondary N) is 1. The molecule has 18 heavy (non-hydrogen) atoms. The lowest BCUT2D eigenvalue weighted by Gasteiger charge is -2.07. The quantitative estimate of drug-likeness (QED) is 0.891. The third kappa shape index (κ3) is 3.40. The summed E-state index contributed by atoms with van der Waals surface area (Å²) in [7, 11) is 0. The topological polar surface area (TPSA) is 29.9 Å². The van der Waals surface area contributed by atoms with E-state index in [1.165, 1.54) is 0 Å². The van der Waals surface area contributed by atoms with Gasteiger partial charge in [-0.1, -0.05) is 30.1 Å². The van der Waals surface area contributed by atoms with Crippen molar-refractivity contribution in [3.05, 3.63) is 46.2 Å². The van der Waals surface area contributed by atoms with Crippen LogP contribution in [-0.2, 0) is 13.1 Å². The molecule has 3 nitrogen and oxygen atoms in total. The number of benzene rings is 1. The Morgan fingerprint density at radius 3 is 2.89 bits per heavy atom. The van der Waals surface area contributed by atoms with Crippen LogP contribution in [-0.4, -0.2) is 9.78 Å². The van der Waals surface area contributed by atoms with E-state index in [0.717, 1.165) is 24.2 Å². The lowest BCUT2D eigenvalue weighted by molar-refractivity contribution is 0.602. The molecule has 1 aromatic carbocycles. The normalized spacial score (nSPS) is 10.6. The van der Waals surface area contributed by atoms with Gasteiger partial charge in [0.2, 0.25) is 0 Å². The number of aryl methyl sites for hydroxylation is 1. The van der Waals surface area contributed by atoms with Crippen LogP contribution in [0.25, 0.3) is 0 Å². The van der Waals surface area contributed by atoms with E-state index in [1.807, 2.05) is 29.2 Å². The van der Waals surface area contributed by atoms with Crippen LogP contribution in [0.4, 0.5) is 5.69 Å². The Labute approximate surface area is 117 Å². The number of hydrogen-bond acceptors (Lipinski definition) is 2. The van der Waals surface area contributed by atoms with E-state index in [1.54, 1.807) is 6.07 Å². The van der Waals surface area contributed by atoms with E-state index in [-0.39, 0.29) is 0 Å². The minimum absolute atomic E-state index is 0.628. The third-order valence-corrected chi connectivity index (χ3v) is 3.10. The molecule has 0 radical (unpaired) electrons. The molecule has 5 heteroatoms. The molecule has 0 saturated carbocycles. The van der Waals surface area contributed by atoms with Crippen molar-refractivity contribution in [1.29, 1.82) is 0 Å². The van der Waals surface area contributed by atoms with Crippen molar-refractivity contribution < 1.29 is 0 Å². The second-order valence-electron chi connectivity index (χ2n) is 4.09. The van der Waals surface area contributed by atoms with Crippen molar-refractivity contribution in [3.63, 3.8) is 0 Å². The number of hydrogen-bond donors (Lipinski definition) is 1. The monoisotopic (exact) mass is 283 g/mol. The van der Waals surface area contributed by atoms with Gasteiger partial charge in [0.1, 0.15) is 0 Å². The van der Waals surface area contributed by atoms with Gasteiger partial charge in [0.25, 0.3) is 0 Å². The number of rotatable bonds is 5. The standard InChI is InChI=1S/C13H15Cl2N3/c1-2-5-18-9-10(8-17-18)7-16-13-4-3-11(14)6-12(13)15/h3-4,6,8-9,16H,2,5,7H2,1H3. The van der Waals surface area contributed by atoms with Crippen LogP contribution in [0, 0.1) is 0 Å². The molecule has 0 aliphatic carbocycles. The molecule has 0 saturated heterocycles. The van der Waals surface area contributed by atoms with Crippen LogP contribution in [0.2, 0.25) is 10.0 Å². The second kappa shape index (κ2) is 6.12. The highest BCUT2D eigenvalue weighted by molar-refractivity contribution is 6.36. The fraction of sp³-hybridized carbons (Fsp3) is 0.308. The Morgan fingerprint density at radius 1 is 1.33 bits per heavy atom. The molecule has 0 spiro atoms. The first kappa shape index (κ1) is 13.2. The summed E-state index contributed by atoms with van der Waals surface area (Å²) < 4.78 is 1.94. The first-order valence-electron chi connectivity index (χ1n) is 5.89. The fourth-order valence-electron chi connectivity index (χ4n) is 1.68. The fourth-order valence-corrected chi connectivity index (χ4v) is 2.15. The number of anilines is 1. The van der Waals surface area contributed by atoms with Crippen molar-refractivity contribution in [2.24, 2.45) is 0 Å². The van der Waals surface area contributed by atoms with Crippen molar-refractivity contribution in [2.45, 2.75) is 26.4 Å². The van der Waals surface area contributed by atoms with Crippen LogP contribution >= 0.6 is 23.2 Å². The zero-order valence-corrected chi connectivity index (χ0v) is 11.7. The van der Waals surface area contributed by atoms with E-state index in [0.29, 0.717) is 16.6 Å². The van der Waals surface area contributed by atoms with E-state index in [2.05, 4.69) is 17.3 Å². The average molecular weight is 284 g/mol.